The highest BCUT2D eigenvalue weighted by atomic mass is 16.3. The summed E-state index contributed by atoms with van der Waals surface area (Å²) >= 11 is 0. The molecule has 2 heteroatoms. The lowest BCUT2D eigenvalue weighted by Gasteiger charge is -2.13. The van der Waals surface area contributed by atoms with Gasteiger partial charge in [0.2, 0.25) is 0 Å². The lowest BCUT2D eigenvalue weighted by Crippen LogP contribution is -2.28. The molecule has 0 saturated carbocycles. The van der Waals surface area contributed by atoms with Crippen molar-refractivity contribution < 1.29 is 5.11 Å². The molecule has 0 fully saturated rings. The van der Waals surface area contributed by atoms with Crippen molar-refractivity contribution in [1.82, 2.24) is 5.32 Å². The zero-order chi connectivity index (χ0) is 14.4. The molecule has 0 amide bonds. The van der Waals surface area contributed by atoms with Gasteiger partial charge in [0.1, 0.15) is 0 Å². The summed E-state index contributed by atoms with van der Waals surface area (Å²) < 4.78 is 0. The summed E-state index contributed by atoms with van der Waals surface area (Å²) in [5, 5.41) is 13.4. The Bertz CT molecular complexity index is 516. The fourth-order valence-electron chi connectivity index (χ4n) is 2.51. The average molecular weight is 269 g/mol. The van der Waals surface area contributed by atoms with Gasteiger partial charge in [-0.3, -0.25) is 0 Å². The molecular formula is C18H23NO. The molecule has 0 aromatic heterocycles. The smallest absolute Gasteiger partial charge is 0.0704 e. The maximum absolute atomic E-state index is 10.1. The number of hydrogen-bond donors (Lipinski definition) is 2. The van der Waals surface area contributed by atoms with Crippen LogP contribution in [0.4, 0.5) is 0 Å². The van der Waals surface area contributed by atoms with E-state index in [4.69, 9.17) is 0 Å². The molecule has 2 aromatic carbocycles. The third-order valence-electron chi connectivity index (χ3n) is 3.30. The number of benzene rings is 2. The summed E-state index contributed by atoms with van der Waals surface area (Å²) in [6.07, 6.45) is 0.351. The van der Waals surface area contributed by atoms with Crippen LogP contribution in [0.25, 0.3) is 0 Å². The second kappa shape index (κ2) is 7.22. The zero-order valence-electron chi connectivity index (χ0n) is 12.3. The molecule has 2 rings (SSSR count). The molecule has 0 saturated heterocycles. The van der Waals surface area contributed by atoms with E-state index in [0.717, 1.165) is 6.54 Å². The molecule has 106 valence electrons. The monoisotopic (exact) mass is 269 g/mol. The summed E-state index contributed by atoms with van der Waals surface area (Å²) in [6, 6.07) is 16.7. The van der Waals surface area contributed by atoms with Crippen LogP contribution in [-0.4, -0.2) is 17.8 Å². The van der Waals surface area contributed by atoms with Gasteiger partial charge in [-0.15, -0.1) is 0 Å². The van der Waals surface area contributed by atoms with Crippen LogP contribution in [0.5, 0.6) is 0 Å². The van der Waals surface area contributed by atoms with Crippen LogP contribution in [0, 0.1) is 13.8 Å². The van der Waals surface area contributed by atoms with Gasteiger partial charge in [-0.05, 0) is 31.4 Å². The van der Waals surface area contributed by atoms with Crippen molar-refractivity contribution in [3.8, 4) is 0 Å². The average Bonchev–Trinajstić information content (AvgIpc) is 2.38. The zero-order valence-corrected chi connectivity index (χ0v) is 12.3. The van der Waals surface area contributed by atoms with Crippen molar-refractivity contribution in [2.24, 2.45) is 0 Å². The van der Waals surface area contributed by atoms with Crippen molar-refractivity contribution >= 4 is 0 Å². The van der Waals surface area contributed by atoms with Crippen LogP contribution in [-0.2, 0) is 13.0 Å². The van der Waals surface area contributed by atoms with Gasteiger partial charge in [-0.2, -0.15) is 0 Å². The van der Waals surface area contributed by atoms with Gasteiger partial charge in [0.25, 0.3) is 0 Å². The number of aliphatic hydroxyl groups is 1. The van der Waals surface area contributed by atoms with Gasteiger partial charge >= 0.3 is 0 Å². The van der Waals surface area contributed by atoms with Crippen molar-refractivity contribution in [3.63, 3.8) is 0 Å². The van der Waals surface area contributed by atoms with Crippen molar-refractivity contribution in [1.29, 1.82) is 0 Å². The summed E-state index contributed by atoms with van der Waals surface area (Å²) in [7, 11) is 0. The number of hydrogen-bond acceptors (Lipinski definition) is 2. The Morgan fingerprint density at radius 2 is 1.60 bits per heavy atom. The molecule has 0 aliphatic rings. The standard InChI is InChI=1S/C18H23NO/c1-14-8-15(2)10-17(9-14)11-18(20)13-19-12-16-6-4-3-5-7-16/h3-10,18-20H,11-13H2,1-2H3/t18-/m0/s1. The predicted octanol–water partition coefficient (Wildman–Crippen LogP) is 3.00. The largest absolute Gasteiger partial charge is 0.391 e. The van der Waals surface area contributed by atoms with E-state index >= 15 is 0 Å². The van der Waals surface area contributed by atoms with Gasteiger partial charge in [-0.25, -0.2) is 0 Å². The Hall–Kier alpha value is -1.64. The van der Waals surface area contributed by atoms with E-state index in [-0.39, 0.29) is 6.10 Å². The van der Waals surface area contributed by atoms with Gasteiger partial charge in [-0.1, -0.05) is 59.7 Å². The molecule has 1 atom stereocenters. The first-order valence-corrected chi connectivity index (χ1v) is 7.13. The fraction of sp³-hybridized carbons (Fsp3) is 0.333. The Morgan fingerprint density at radius 3 is 2.25 bits per heavy atom. The summed E-state index contributed by atoms with van der Waals surface area (Å²) in [5.74, 6) is 0. The van der Waals surface area contributed by atoms with Crippen molar-refractivity contribution in [2.45, 2.75) is 32.9 Å². The first-order chi connectivity index (χ1) is 9.63. The Kier molecular flexibility index (Phi) is 5.33. The van der Waals surface area contributed by atoms with E-state index in [1.165, 1.54) is 22.3 Å². The van der Waals surface area contributed by atoms with Gasteiger partial charge < -0.3 is 10.4 Å². The van der Waals surface area contributed by atoms with Crippen molar-refractivity contribution in [2.75, 3.05) is 6.54 Å². The van der Waals surface area contributed by atoms with Crippen LogP contribution >= 0.6 is 0 Å². The Labute approximate surface area is 121 Å². The van der Waals surface area contributed by atoms with Crippen LogP contribution in [0.2, 0.25) is 0 Å². The number of nitrogens with one attached hydrogen (secondary N) is 1. The lowest BCUT2D eigenvalue weighted by molar-refractivity contribution is 0.171. The third kappa shape index (κ3) is 4.80. The second-order valence-electron chi connectivity index (χ2n) is 5.47. The van der Waals surface area contributed by atoms with E-state index in [9.17, 15) is 5.11 Å². The normalized spacial score (nSPS) is 12.3. The third-order valence-corrected chi connectivity index (χ3v) is 3.30. The molecule has 0 aliphatic carbocycles. The molecule has 0 spiro atoms. The highest BCUT2D eigenvalue weighted by Crippen LogP contribution is 2.11. The lowest BCUT2D eigenvalue weighted by atomic mass is 10.0. The van der Waals surface area contributed by atoms with Crippen LogP contribution in [0.1, 0.15) is 22.3 Å². The molecule has 0 heterocycles. The predicted molar refractivity (Wildman–Crippen MR) is 83.8 cm³/mol. The van der Waals surface area contributed by atoms with E-state index in [0.29, 0.717) is 13.0 Å². The summed E-state index contributed by atoms with van der Waals surface area (Å²) in [4.78, 5) is 0. The summed E-state index contributed by atoms with van der Waals surface area (Å²) in [6.45, 7) is 5.60. The highest BCUT2D eigenvalue weighted by Gasteiger charge is 2.06. The van der Waals surface area contributed by atoms with Crippen LogP contribution in [0.15, 0.2) is 48.5 Å². The van der Waals surface area contributed by atoms with E-state index in [1.54, 1.807) is 0 Å². The summed E-state index contributed by atoms with van der Waals surface area (Å²) in [5.41, 5.74) is 4.96. The van der Waals surface area contributed by atoms with Gasteiger partial charge in [0.05, 0.1) is 6.10 Å². The topological polar surface area (TPSA) is 32.3 Å². The highest BCUT2D eigenvalue weighted by molar-refractivity contribution is 5.29. The molecule has 0 radical (unpaired) electrons. The first-order valence-electron chi connectivity index (χ1n) is 7.13. The minimum Gasteiger partial charge on any atom is -0.391 e. The number of aryl methyl sites for hydroxylation is 2. The Morgan fingerprint density at radius 1 is 0.950 bits per heavy atom. The minimum atomic E-state index is -0.347. The molecular weight excluding hydrogens is 246 g/mol. The van der Waals surface area contributed by atoms with E-state index in [2.05, 4.69) is 49.5 Å². The molecule has 2 N–H and O–H groups in total. The van der Waals surface area contributed by atoms with Crippen LogP contribution in [0.3, 0.4) is 0 Å². The number of rotatable bonds is 6. The van der Waals surface area contributed by atoms with Crippen molar-refractivity contribution in [3.05, 3.63) is 70.8 Å². The van der Waals surface area contributed by atoms with E-state index < -0.39 is 0 Å². The molecule has 2 aromatic rings. The second-order valence-corrected chi connectivity index (χ2v) is 5.47. The number of aliphatic hydroxyl groups excluding tert-OH is 1. The van der Waals surface area contributed by atoms with E-state index in [1.807, 2.05) is 18.2 Å². The van der Waals surface area contributed by atoms with Gasteiger partial charge in [0, 0.05) is 13.1 Å². The fourth-order valence-corrected chi connectivity index (χ4v) is 2.51. The molecule has 20 heavy (non-hydrogen) atoms. The molecule has 0 unspecified atom stereocenters. The Balaban J connectivity index is 1.79. The van der Waals surface area contributed by atoms with Crippen LogP contribution < -0.4 is 5.32 Å². The first kappa shape index (κ1) is 14.8. The quantitative estimate of drug-likeness (QED) is 0.845. The molecule has 2 nitrogen and oxygen atoms in total. The maximum atomic E-state index is 10.1. The van der Waals surface area contributed by atoms with Gasteiger partial charge in [0.15, 0.2) is 0 Å². The molecule has 0 bridgehead atoms. The minimum absolute atomic E-state index is 0.347. The maximum Gasteiger partial charge on any atom is 0.0704 e. The molecule has 0 aliphatic heterocycles. The SMILES string of the molecule is Cc1cc(C)cc(C[C@H](O)CNCc2ccccc2)c1.